The molecular weight excluding hydrogens is 308 g/mol. The first-order valence-electron chi connectivity index (χ1n) is 7.46. The van der Waals surface area contributed by atoms with Crippen LogP contribution in [0, 0.1) is 6.92 Å². The van der Waals surface area contributed by atoms with Gasteiger partial charge in [-0.1, -0.05) is 26.0 Å². The molecule has 1 amide bonds. The molecule has 0 aliphatic carbocycles. The van der Waals surface area contributed by atoms with E-state index >= 15 is 0 Å². The highest BCUT2D eigenvalue weighted by atomic mass is 32.1. The predicted octanol–water partition coefficient (Wildman–Crippen LogP) is 5.09. The zero-order valence-electron chi connectivity index (χ0n) is 13.3. The fourth-order valence-corrected chi connectivity index (χ4v) is 3.14. The molecule has 1 aromatic carbocycles. The Morgan fingerprint density at radius 2 is 1.91 bits per heavy atom. The third-order valence-corrected chi connectivity index (χ3v) is 4.58. The lowest BCUT2D eigenvalue weighted by Crippen LogP contribution is -2.13. The zero-order valence-corrected chi connectivity index (χ0v) is 14.1. The number of carbonyl (C=O) groups excluding carboxylic acids is 1. The minimum absolute atomic E-state index is 0.267. The molecule has 0 atom stereocenters. The van der Waals surface area contributed by atoms with Gasteiger partial charge in [0.25, 0.3) is 5.91 Å². The van der Waals surface area contributed by atoms with Crippen molar-refractivity contribution in [2.24, 2.45) is 0 Å². The van der Waals surface area contributed by atoms with Crippen LogP contribution in [0.15, 0.2) is 47.2 Å². The predicted molar refractivity (Wildman–Crippen MR) is 93.0 cm³/mol. The molecule has 0 spiro atoms. The van der Waals surface area contributed by atoms with E-state index in [1.807, 2.05) is 43.3 Å². The van der Waals surface area contributed by atoms with Crippen LogP contribution in [0.3, 0.4) is 0 Å². The number of nitrogens with one attached hydrogen (secondary N) is 1. The summed E-state index contributed by atoms with van der Waals surface area (Å²) in [6, 6.07) is 11.8. The minimum Gasteiger partial charge on any atom is -0.442 e. The normalized spacial score (nSPS) is 11.0. The van der Waals surface area contributed by atoms with Crippen LogP contribution < -0.4 is 5.32 Å². The average Bonchev–Trinajstić information content (AvgIpc) is 3.16. The van der Waals surface area contributed by atoms with E-state index in [0.29, 0.717) is 17.4 Å². The largest absolute Gasteiger partial charge is 0.442 e. The van der Waals surface area contributed by atoms with E-state index in [0.717, 1.165) is 15.4 Å². The maximum absolute atomic E-state index is 12.5. The van der Waals surface area contributed by atoms with Crippen LogP contribution in [0.25, 0.3) is 10.6 Å². The van der Waals surface area contributed by atoms with Crippen molar-refractivity contribution in [3.63, 3.8) is 0 Å². The number of carbonyl (C=O) groups is 1. The Morgan fingerprint density at radius 3 is 2.52 bits per heavy atom. The van der Waals surface area contributed by atoms with Crippen molar-refractivity contribution < 1.29 is 9.21 Å². The van der Waals surface area contributed by atoms with Crippen LogP contribution in [0.4, 0.5) is 5.69 Å². The molecule has 3 rings (SSSR count). The van der Waals surface area contributed by atoms with Gasteiger partial charge in [0.2, 0.25) is 0 Å². The van der Waals surface area contributed by atoms with Crippen LogP contribution in [-0.4, -0.2) is 10.9 Å². The van der Waals surface area contributed by atoms with Gasteiger partial charge in [0.05, 0.1) is 4.88 Å². The molecule has 1 N–H and O–H groups in total. The Kier molecular flexibility index (Phi) is 4.30. The highest BCUT2D eigenvalue weighted by molar-refractivity contribution is 7.15. The Hall–Kier alpha value is -2.40. The number of thiophene rings is 1. The van der Waals surface area contributed by atoms with Crippen LogP contribution in [-0.2, 0) is 0 Å². The lowest BCUT2D eigenvalue weighted by Gasteiger charge is -2.08. The smallest absolute Gasteiger partial charge is 0.278 e. The van der Waals surface area contributed by atoms with Crippen molar-refractivity contribution >= 4 is 22.9 Å². The number of aromatic nitrogens is 1. The van der Waals surface area contributed by atoms with Gasteiger partial charge < -0.3 is 9.73 Å². The molecule has 5 heteroatoms. The van der Waals surface area contributed by atoms with Crippen molar-refractivity contribution in [1.29, 1.82) is 0 Å². The fourth-order valence-electron chi connectivity index (χ4n) is 2.28. The summed E-state index contributed by atoms with van der Waals surface area (Å²) in [5.41, 5.74) is 2.29. The van der Waals surface area contributed by atoms with Gasteiger partial charge in [-0.2, -0.15) is 0 Å². The van der Waals surface area contributed by atoms with Crippen molar-refractivity contribution in [3.8, 4) is 10.6 Å². The van der Waals surface area contributed by atoms with Gasteiger partial charge in [0.1, 0.15) is 0 Å². The van der Waals surface area contributed by atoms with Crippen LogP contribution in [0.1, 0.15) is 40.7 Å². The molecule has 0 unspecified atom stereocenters. The van der Waals surface area contributed by atoms with E-state index in [4.69, 9.17) is 4.42 Å². The van der Waals surface area contributed by atoms with Gasteiger partial charge in [-0.3, -0.25) is 4.79 Å². The molecular formula is C18H18N2O2S. The van der Waals surface area contributed by atoms with E-state index in [2.05, 4.69) is 24.1 Å². The first-order chi connectivity index (χ1) is 11.0. The molecule has 0 aliphatic heterocycles. The lowest BCUT2D eigenvalue weighted by molar-refractivity contribution is 0.102. The summed E-state index contributed by atoms with van der Waals surface area (Å²) in [5.74, 6) is 0.709. The highest BCUT2D eigenvalue weighted by Crippen LogP contribution is 2.30. The Morgan fingerprint density at radius 1 is 1.17 bits per heavy atom. The number of anilines is 1. The highest BCUT2D eigenvalue weighted by Gasteiger charge is 2.19. The third kappa shape index (κ3) is 3.35. The van der Waals surface area contributed by atoms with Crippen molar-refractivity contribution in [2.45, 2.75) is 26.7 Å². The van der Waals surface area contributed by atoms with Gasteiger partial charge in [0.15, 0.2) is 17.8 Å². The standard InChI is InChI=1S/C18H18N2O2S/c1-11(2)13-5-7-14(8-6-13)20-18(21)16-17(22-10-19-16)15-9-4-12(3)23-15/h4-11H,1-3H3,(H,20,21). The summed E-state index contributed by atoms with van der Waals surface area (Å²) in [6.07, 6.45) is 1.31. The van der Waals surface area contributed by atoms with Crippen molar-refractivity contribution in [2.75, 3.05) is 5.32 Å². The van der Waals surface area contributed by atoms with Gasteiger partial charge in [-0.25, -0.2) is 4.98 Å². The molecule has 2 aromatic heterocycles. The van der Waals surface area contributed by atoms with Gasteiger partial charge in [-0.05, 0) is 42.7 Å². The number of nitrogens with zero attached hydrogens (tertiary/aromatic N) is 1. The average molecular weight is 326 g/mol. The Labute approximate surface area is 139 Å². The van der Waals surface area contributed by atoms with Crippen LogP contribution >= 0.6 is 11.3 Å². The number of hydrogen-bond donors (Lipinski definition) is 1. The number of oxazole rings is 1. The summed E-state index contributed by atoms with van der Waals surface area (Å²) >= 11 is 1.57. The molecule has 0 bridgehead atoms. The molecule has 0 radical (unpaired) electrons. The summed E-state index contributed by atoms with van der Waals surface area (Å²) in [6.45, 7) is 6.29. The van der Waals surface area contributed by atoms with E-state index < -0.39 is 0 Å². The number of hydrogen-bond acceptors (Lipinski definition) is 4. The third-order valence-electron chi connectivity index (χ3n) is 3.58. The maximum atomic E-state index is 12.5. The topological polar surface area (TPSA) is 55.1 Å². The summed E-state index contributed by atoms with van der Waals surface area (Å²) in [7, 11) is 0. The first-order valence-corrected chi connectivity index (χ1v) is 8.28. The lowest BCUT2D eigenvalue weighted by atomic mass is 10.0. The van der Waals surface area contributed by atoms with Crippen molar-refractivity contribution in [1.82, 2.24) is 4.98 Å². The molecule has 0 saturated carbocycles. The zero-order chi connectivity index (χ0) is 16.4. The number of benzene rings is 1. The Bertz CT molecular complexity index is 816. The van der Waals surface area contributed by atoms with E-state index in [-0.39, 0.29) is 5.91 Å². The quantitative estimate of drug-likeness (QED) is 0.727. The molecule has 0 aliphatic rings. The first kappa shape index (κ1) is 15.5. The molecule has 0 saturated heterocycles. The van der Waals surface area contributed by atoms with E-state index in [1.54, 1.807) is 11.3 Å². The van der Waals surface area contributed by atoms with Crippen molar-refractivity contribution in [3.05, 3.63) is 58.9 Å². The molecule has 118 valence electrons. The minimum atomic E-state index is -0.267. The number of amides is 1. The molecule has 3 aromatic rings. The maximum Gasteiger partial charge on any atom is 0.278 e. The molecule has 4 nitrogen and oxygen atoms in total. The second-order valence-electron chi connectivity index (χ2n) is 5.67. The summed E-state index contributed by atoms with van der Waals surface area (Å²) in [5, 5.41) is 2.87. The van der Waals surface area contributed by atoms with E-state index in [1.165, 1.54) is 12.0 Å². The summed E-state index contributed by atoms with van der Waals surface area (Å²) in [4.78, 5) is 18.6. The molecule has 23 heavy (non-hydrogen) atoms. The second kappa shape index (κ2) is 6.38. The summed E-state index contributed by atoms with van der Waals surface area (Å²) < 4.78 is 5.41. The SMILES string of the molecule is Cc1ccc(-c2ocnc2C(=O)Nc2ccc(C(C)C)cc2)s1. The van der Waals surface area contributed by atoms with Crippen LogP contribution in [0.2, 0.25) is 0 Å². The van der Waals surface area contributed by atoms with Gasteiger partial charge in [-0.15, -0.1) is 11.3 Å². The van der Waals surface area contributed by atoms with Crippen LogP contribution in [0.5, 0.6) is 0 Å². The Balaban J connectivity index is 1.80. The van der Waals surface area contributed by atoms with Gasteiger partial charge >= 0.3 is 0 Å². The van der Waals surface area contributed by atoms with E-state index in [9.17, 15) is 4.79 Å². The van der Waals surface area contributed by atoms with Gasteiger partial charge in [0, 0.05) is 10.6 Å². The molecule has 2 heterocycles. The number of rotatable bonds is 4. The molecule has 0 fully saturated rings. The monoisotopic (exact) mass is 326 g/mol. The second-order valence-corrected chi connectivity index (χ2v) is 6.96. The number of aryl methyl sites for hydroxylation is 1. The fraction of sp³-hybridized carbons (Fsp3) is 0.222.